The summed E-state index contributed by atoms with van der Waals surface area (Å²) in [7, 11) is 0. The molecular weight excluding hydrogens is 291 g/mol. The van der Waals surface area contributed by atoms with Crippen LogP contribution in [0.4, 0.5) is 4.39 Å². The van der Waals surface area contributed by atoms with E-state index in [1.807, 2.05) is 0 Å². The number of carbonyl (C=O) groups excluding carboxylic acids is 2. The summed E-state index contributed by atoms with van der Waals surface area (Å²) in [6.45, 7) is 0. The third-order valence-electron chi connectivity index (χ3n) is 3.49. The highest BCUT2D eigenvalue weighted by molar-refractivity contribution is 5.96. The van der Waals surface area contributed by atoms with Crippen LogP contribution in [0.25, 0.3) is 0 Å². The molecule has 0 heterocycles. The van der Waals surface area contributed by atoms with Crippen molar-refractivity contribution in [2.45, 2.75) is 12.8 Å². The van der Waals surface area contributed by atoms with Crippen molar-refractivity contribution in [3.63, 3.8) is 0 Å². The molecule has 0 radical (unpaired) electrons. The van der Waals surface area contributed by atoms with Crippen LogP contribution in [-0.2, 0) is 9.59 Å². The van der Waals surface area contributed by atoms with Crippen molar-refractivity contribution in [2.75, 3.05) is 0 Å². The molecule has 1 aromatic rings. The Morgan fingerprint density at radius 2 is 1.59 bits per heavy atom. The van der Waals surface area contributed by atoms with Crippen LogP contribution < -0.4 is 10.9 Å². The van der Waals surface area contributed by atoms with Gasteiger partial charge < -0.3 is 5.11 Å². The van der Waals surface area contributed by atoms with E-state index in [4.69, 9.17) is 5.11 Å². The molecule has 0 spiro atoms. The number of aliphatic carboxylic acids is 1. The second-order valence-electron chi connectivity index (χ2n) is 4.94. The van der Waals surface area contributed by atoms with Gasteiger partial charge in [-0.15, -0.1) is 0 Å². The van der Waals surface area contributed by atoms with Gasteiger partial charge in [0.05, 0.1) is 11.8 Å². The zero-order valence-electron chi connectivity index (χ0n) is 11.6. The Morgan fingerprint density at radius 3 is 2.18 bits per heavy atom. The van der Waals surface area contributed by atoms with Crippen LogP contribution in [0, 0.1) is 17.7 Å². The lowest BCUT2D eigenvalue weighted by Gasteiger charge is -2.24. The van der Waals surface area contributed by atoms with Crippen molar-refractivity contribution in [1.29, 1.82) is 0 Å². The SMILES string of the molecule is O=C(NNC(=O)[C@H]1CC=CC[C@@H]1C(=O)O)c1ccc(F)cc1. The average Bonchev–Trinajstić information content (AvgIpc) is 2.53. The summed E-state index contributed by atoms with van der Waals surface area (Å²) in [5, 5.41) is 9.10. The molecule has 2 atom stereocenters. The van der Waals surface area contributed by atoms with Crippen molar-refractivity contribution in [1.82, 2.24) is 10.9 Å². The zero-order chi connectivity index (χ0) is 16.1. The first-order valence-electron chi connectivity index (χ1n) is 6.72. The van der Waals surface area contributed by atoms with Crippen LogP contribution in [0.1, 0.15) is 23.2 Å². The molecule has 1 aliphatic carbocycles. The van der Waals surface area contributed by atoms with E-state index in [-0.39, 0.29) is 12.0 Å². The van der Waals surface area contributed by atoms with E-state index in [1.165, 1.54) is 12.1 Å². The number of benzene rings is 1. The topological polar surface area (TPSA) is 95.5 Å². The molecule has 0 fully saturated rings. The maximum Gasteiger partial charge on any atom is 0.307 e. The van der Waals surface area contributed by atoms with E-state index in [0.29, 0.717) is 6.42 Å². The molecule has 6 nitrogen and oxygen atoms in total. The van der Waals surface area contributed by atoms with Gasteiger partial charge in [0.1, 0.15) is 5.82 Å². The first-order chi connectivity index (χ1) is 10.5. The number of hydrogen-bond acceptors (Lipinski definition) is 3. The van der Waals surface area contributed by atoms with E-state index in [9.17, 15) is 18.8 Å². The lowest BCUT2D eigenvalue weighted by Crippen LogP contribution is -2.47. The normalized spacial score (nSPS) is 20.2. The van der Waals surface area contributed by atoms with E-state index >= 15 is 0 Å². The van der Waals surface area contributed by atoms with Crippen LogP contribution in [-0.4, -0.2) is 22.9 Å². The summed E-state index contributed by atoms with van der Waals surface area (Å²) in [5.74, 6) is -4.24. The number of carboxylic acids is 1. The van der Waals surface area contributed by atoms with Crippen LogP contribution in [0.5, 0.6) is 0 Å². The van der Waals surface area contributed by atoms with E-state index in [0.717, 1.165) is 12.1 Å². The number of hydrazine groups is 1. The fourth-order valence-corrected chi connectivity index (χ4v) is 2.26. The van der Waals surface area contributed by atoms with Crippen LogP contribution >= 0.6 is 0 Å². The number of amides is 2. The third-order valence-corrected chi connectivity index (χ3v) is 3.49. The van der Waals surface area contributed by atoms with Crippen molar-refractivity contribution >= 4 is 17.8 Å². The molecular formula is C15H15FN2O4. The second-order valence-corrected chi connectivity index (χ2v) is 4.94. The Balaban J connectivity index is 1.94. The lowest BCUT2D eigenvalue weighted by molar-refractivity contribution is -0.147. The largest absolute Gasteiger partial charge is 0.481 e. The number of carbonyl (C=O) groups is 3. The smallest absolute Gasteiger partial charge is 0.307 e. The van der Waals surface area contributed by atoms with Crippen LogP contribution in [0.2, 0.25) is 0 Å². The average molecular weight is 306 g/mol. The molecule has 2 rings (SSSR count). The standard InChI is InChI=1S/C15H15FN2O4/c16-10-7-5-9(6-8-10)13(19)17-18-14(20)11-3-1-2-4-12(11)15(21)22/h1-2,5-8,11-12H,3-4H2,(H,17,19)(H,18,20)(H,21,22)/t11-,12-/m0/s1. The zero-order valence-corrected chi connectivity index (χ0v) is 11.6. The van der Waals surface area contributed by atoms with Gasteiger partial charge in [-0.25, -0.2) is 4.39 Å². The molecule has 1 aromatic carbocycles. The first-order valence-corrected chi connectivity index (χ1v) is 6.72. The van der Waals surface area contributed by atoms with E-state index in [1.54, 1.807) is 12.2 Å². The van der Waals surface area contributed by atoms with Gasteiger partial charge in [0, 0.05) is 5.56 Å². The monoisotopic (exact) mass is 306 g/mol. The Bertz CT molecular complexity index is 612. The predicted molar refractivity (Wildman–Crippen MR) is 75.0 cm³/mol. The molecule has 0 aliphatic heterocycles. The molecule has 2 amide bonds. The highest BCUT2D eigenvalue weighted by Crippen LogP contribution is 2.25. The summed E-state index contributed by atoms with van der Waals surface area (Å²) >= 11 is 0. The number of rotatable bonds is 3. The van der Waals surface area contributed by atoms with Crippen molar-refractivity contribution in [3.05, 3.63) is 47.8 Å². The highest BCUT2D eigenvalue weighted by atomic mass is 19.1. The van der Waals surface area contributed by atoms with Gasteiger partial charge >= 0.3 is 5.97 Å². The van der Waals surface area contributed by atoms with Gasteiger partial charge in [-0.3, -0.25) is 25.2 Å². The minimum Gasteiger partial charge on any atom is -0.481 e. The molecule has 22 heavy (non-hydrogen) atoms. The summed E-state index contributed by atoms with van der Waals surface area (Å²) in [5.41, 5.74) is 4.60. The van der Waals surface area contributed by atoms with Gasteiger partial charge in [-0.1, -0.05) is 12.2 Å². The van der Waals surface area contributed by atoms with Crippen molar-refractivity contribution < 1.29 is 23.9 Å². The molecule has 0 saturated heterocycles. The molecule has 0 unspecified atom stereocenters. The number of hydrogen-bond donors (Lipinski definition) is 3. The Labute approximate surface area is 126 Å². The molecule has 0 aromatic heterocycles. The number of carboxylic acid groups (broad SMARTS) is 1. The van der Waals surface area contributed by atoms with Gasteiger partial charge in [0.2, 0.25) is 5.91 Å². The third kappa shape index (κ3) is 3.69. The van der Waals surface area contributed by atoms with Crippen LogP contribution in [0.3, 0.4) is 0 Å². The Kier molecular flexibility index (Phi) is 4.88. The molecule has 1 aliphatic rings. The predicted octanol–water partition coefficient (Wildman–Crippen LogP) is 1.25. The maximum atomic E-state index is 12.8. The Hall–Kier alpha value is -2.70. The van der Waals surface area contributed by atoms with E-state index in [2.05, 4.69) is 10.9 Å². The summed E-state index contributed by atoms with van der Waals surface area (Å²) < 4.78 is 12.8. The van der Waals surface area contributed by atoms with Crippen LogP contribution in [0.15, 0.2) is 36.4 Å². The molecule has 116 valence electrons. The Morgan fingerprint density at radius 1 is 1.00 bits per heavy atom. The van der Waals surface area contributed by atoms with Gasteiger partial charge in [-0.2, -0.15) is 0 Å². The quantitative estimate of drug-likeness (QED) is 0.578. The summed E-state index contributed by atoms with van der Waals surface area (Å²) in [6.07, 6.45) is 4.04. The number of allylic oxidation sites excluding steroid dienone is 2. The van der Waals surface area contributed by atoms with Gasteiger partial charge in [0.25, 0.3) is 5.91 Å². The summed E-state index contributed by atoms with van der Waals surface area (Å²) in [4.78, 5) is 34.9. The molecule has 0 saturated carbocycles. The van der Waals surface area contributed by atoms with Crippen molar-refractivity contribution in [3.8, 4) is 0 Å². The summed E-state index contributed by atoms with van der Waals surface area (Å²) in [6, 6.07) is 4.81. The fraction of sp³-hybridized carbons (Fsp3) is 0.267. The minimum atomic E-state index is -1.05. The molecule has 3 N–H and O–H groups in total. The second kappa shape index (κ2) is 6.84. The number of halogens is 1. The van der Waals surface area contributed by atoms with E-state index < -0.39 is 35.4 Å². The minimum absolute atomic E-state index is 0.181. The van der Waals surface area contributed by atoms with Gasteiger partial charge in [-0.05, 0) is 37.1 Å². The van der Waals surface area contributed by atoms with Crippen molar-refractivity contribution in [2.24, 2.45) is 11.8 Å². The molecule has 7 heteroatoms. The fourth-order valence-electron chi connectivity index (χ4n) is 2.26. The number of nitrogens with one attached hydrogen (secondary N) is 2. The molecule has 0 bridgehead atoms. The maximum absolute atomic E-state index is 12.8. The first kappa shape index (κ1) is 15.7. The van der Waals surface area contributed by atoms with Gasteiger partial charge in [0.15, 0.2) is 0 Å². The highest BCUT2D eigenvalue weighted by Gasteiger charge is 2.34. The lowest BCUT2D eigenvalue weighted by atomic mass is 9.82.